The van der Waals surface area contributed by atoms with Gasteiger partial charge < -0.3 is 0 Å². The van der Waals surface area contributed by atoms with Crippen molar-refractivity contribution in [3.05, 3.63) is 41.8 Å². The molecule has 1 aromatic carbocycles. The van der Waals surface area contributed by atoms with Crippen LogP contribution < -0.4 is 0 Å². The van der Waals surface area contributed by atoms with Crippen LogP contribution in [0.2, 0.25) is 0 Å². The molecule has 0 spiro atoms. The number of hydrogen-bond acceptors (Lipinski definition) is 0. The van der Waals surface area contributed by atoms with E-state index >= 15 is 0 Å². The van der Waals surface area contributed by atoms with E-state index in [1.165, 1.54) is 12.1 Å². The fraction of sp³-hybridized carbons (Fsp3) is 0.222. The van der Waals surface area contributed by atoms with Gasteiger partial charge in [0.1, 0.15) is 0 Å². The first-order chi connectivity index (χ1) is 5.27. The van der Waals surface area contributed by atoms with Crippen LogP contribution in [0.5, 0.6) is 0 Å². The third-order valence-electron chi connectivity index (χ3n) is 1.84. The Kier molecular flexibility index (Phi) is 1.41. The van der Waals surface area contributed by atoms with Crippen molar-refractivity contribution in [2.24, 2.45) is 0 Å². The van der Waals surface area contributed by atoms with Gasteiger partial charge in [-0.05, 0) is 36.5 Å². The summed E-state index contributed by atoms with van der Waals surface area (Å²) in [4.78, 5) is 0. The molecule has 0 unspecified atom stereocenters. The summed E-state index contributed by atoms with van der Waals surface area (Å²) in [5.74, 6) is -1.15. The summed E-state index contributed by atoms with van der Waals surface area (Å²) in [6, 6.07) is 4.08. The molecule has 0 bridgehead atoms. The summed E-state index contributed by atoms with van der Waals surface area (Å²) >= 11 is 0. The largest absolute Gasteiger partial charge is 0.204 e. The zero-order valence-corrected chi connectivity index (χ0v) is 5.85. The molecule has 11 heavy (non-hydrogen) atoms. The maximum atomic E-state index is 12.6. The smallest absolute Gasteiger partial charge is 0.159 e. The van der Waals surface area contributed by atoms with E-state index < -0.39 is 11.6 Å². The number of benzene rings is 1. The molecule has 1 atom stereocenters. The maximum Gasteiger partial charge on any atom is 0.159 e. The van der Waals surface area contributed by atoms with Gasteiger partial charge in [0, 0.05) is 0 Å². The van der Waals surface area contributed by atoms with Gasteiger partial charge in [-0.25, -0.2) is 8.78 Å². The van der Waals surface area contributed by atoms with Crippen LogP contribution in [0.3, 0.4) is 0 Å². The van der Waals surface area contributed by atoms with E-state index in [4.69, 9.17) is 0 Å². The molecule has 57 valence electrons. The zero-order valence-electron chi connectivity index (χ0n) is 5.85. The highest BCUT2D eigenvalue weighted by Gasteiger charge is 2.24. The molecule has 0 amide bonds. The van der Waals surface area contributed by atoms with Crippen LogP contribution in [0, 0.1) is 18.1 Å². The Morgan fingerprint density at radius 3 is 2.45 bits per heavy atom. The third-order valence-corrected chi connectivity index (χ3v) is 1.84. The first kappa shape index (κ1) is 6.77. The van der Waals surface area contributed by atoms with E-state index in [0.717, 1.165) is 12.0 Å². The molecule has 0 heterocycles. The molecule has 1 aromatic rings. The lowest BCUT2D eigenvalue weighted by Crippen LogP contribution is -1.86. The van der Waals surface area contributed by atoms with Crippen molar-refractivity contribution in [1.29, 1.82) is 0 Å². The zero-order chi connectivity index (χ0) is 7.84. The molecule has 1 radical (unpaired) electrons. The predicted molar refractivity (Wildman–Crippen MR) is 38.0 cm³/mol. The van der Waals surface area contributed by atoms with Gasteiger partial charge in [0.2, 0.25) is 0 Å². The first-order valence-corrected chi connectivity index (χ1v) is 3.55. The van der Waals surface area contributed by atoms with Crippen LogP contribution in [0.25, 0.3) is 0 Å². The van der Waals surface area contributed by atoms with Crippen molar-refractivity contribution < 1.29 is 8.78 Å². The van der Waals surface area contributed by atoms with E-state index in [1.54, 1.807) is 6.07 Å². The average molecular weight is 153 g/mol. The summed E-state index contributed by atoms with van der Waals surface area (Å²) in [6.45, 7) is 0. The van der Waals surface area contributed by atoms with Crippen molar-refractivity contribution in [3.8, 4) is 0 Å². The Labute approximate surface area is 63.9 Å². The Bertz CT molecular complexity index is 277. The van der Waals surface area contributed by atoms with Gasteiger partial charge in [-0.1, -0.05) is 6.07 Å². The van der Waals surface area contributed by atoms with E-state index in [2.05, 4.69) is 6.42 Å². The van der Waals surface area contributed by atoms with E-state index in [9.17, 15) is 8.78 Å². The Morgan fingerprint density at radius 2 is 1.91 bits per heavy atom. The molecule has 1 aliphatic rings. The standard InChI is InChI=1S/C9H7F2/c10-8-4-3-7(5-9(8)11)6-1-2-6/h1,3-6H,2H2/t6-/m0/s1. The van der Waals surface area contributed by atoms with Gasteiger partial charge in [-0.3, -0.25) is 0 Å². The second-order valence-electron chi connectivity index (χ2n) is 2.75. The monoisotopic (exact) mass is 153 g/mol. The van der Waals surface area contributed by atoms with Crippen molar-refractivity contribution >= 4 is 0 Å². The number of halogens is 2. The predicted octanol–water partition coefficient (Wildman–Crippen LogP) is 2.66. The fourth-order valence-electron chi connectivity index (χ4n) is 1.08. The lowest BCUT2D eigenvalue weighted by Gasteiger charge is -1.97. The van der Waals surface area contributed by atoms with Crippen molar-refractivity contribution in [1.82, 2.24) is 0 Å². The highest BCUT2D eigenvalue weighted by molar-refractivity contribution is 5.30. The summed E-state index contributed by atoms with van der Waals surface area (Å²) in [5.41, 5.74) is 0.879. The van der Waals surface area contributed by atoms with Crippen LogP contribution in [0.15, 0.2) is 18.2 Å². The number of rotatable bonds is 1. The molecular formula is C9H7F2. The highest BCUT2D eigenvalue weighted by atomic mass is 19.2. The molecular weight excluding hydrogens is 146 g/mol. The van der Waals surface area contributed by atoms with Gasteiger partial charge in [0.05, 0.1) is 0 Å². The van der Waals surface area contributed by atoms with Gasteiger partial charge in [0.25, 0.3) is 0 Å². The lowest BCUT2D eigenvalue weighted by atomic mass is 10.1. The van der Waals surface area contributed by atoms with Gasteiger partial charge in [0.15, 0.2) is 11.6 Å². The molecule has 1 aliphatic carbocycles. The quantitative estimate of drug-likeness (QED) is 0.581. The molecule has 2 rings (SSSR count). The van der Waals surface area contributed by atoms with Crippen LogP contribution in [0.4, 0.5) is 8.78 Å². The fourth-order valence-corrected chi connectivity index (χ4v) is 1.08. The molecule has 0 aliphatic heterocycles. The molecule has 0 N–H and O–H groups in total. The summed E-state index contributed by atoms with van der Waals surface area (Å²) in [7, 11) is 0. The second kappa shape index (κ2) is 2.29. The van der Waals surface area contributed by atoms with E-state index in [0.29, 0.717) is 5.92 Å². The van der Waals surface area contributed by atoms with Gasteiger partial charge in [-0.15, -0.1) is 0 Å². The highest BCUT2D eigenvalue weighted by Crippen LogP contribution is 2.38. The Balaban J connectivity index is 2.36. The summed E-state index contributed by atoms with van der Waals surface area (Å²) in [5, 5.41) is 0. The minimum absolute atomic E-state index is 0.366. The van der Waals surface area contributed by atoms with Crippen molar-refractivity contribution in [2.75, 3.05) is 0 Å². The normalized spacial score (nSPS) is 16.9. The van der Waals surface area contributed by atoms with Crippen LogP contribution in [-0.2, 0) is 0 Å². The molecule has 0 nitrogen and oxygen atoms in total. The van der Waals surface area contributed by atoms with Crippen LogP contribution in [0.1, 0.15) is 17.9 Å². The summed E-state index contributed by atoms with van der Waals surface area (Å²) < 4.78 is 25.0. The van der Waals surface area contributed by atoms with Crippen LogP contribution in [-0.4, -0.2) is 0 Å². The second-order valence-corrected chi connectivity index (χ2v) is 2.75. The molecule has 0 saturated heterocycles. The van der Waals surface area contributed by atoms with E-state index in [1.807, 2.05) is 0 Å². The third kappa shape index (κ3) is 1.25. The lowest BCUT2D eigenvalue weighted by molar-refractivity contribution is 0.507. The average Bonchev–Trinajstić information content (AvgIpc) is 2.77. The Hall–Kier alpha value is -0.920. The van der Waals surface area contributed by atoms with Crippen molar-refractivity contribution in [3.63, 3.8) is 0 Å². The maximum absolute atomic E-state index is 12.6. The molecule has 2 heteroatoms. The van der Waals surface area contributed by atoms with E-state index in [-0.39, 0.29) is 0 Å². The van der Waals surface area contributed by atoms with Crippen molar-refractivity contribution in [2.45, 2.75) is 12.3 Å². The van der Waals surface area contributed by atoms with Gasteiger partial charge in [-0.2, -0.15) is 0 Å². The topological polar surface area (TPSA) is 0 Å². The molecule has 1 fully saturated rings. The van der Waals surface area contributed by atoms with Crippen LogP contribution >= 0.6 is 0 Å². The minimum Gasteiger partial charge on any atom is -0.204 e. The molecule has 0 aromatic heterocycles. The molecule has 1 saturated carbocycles. The SMILES string of the molecule is Fc1ccc([C@H]2[CH]C2)cc1F. The van der Waals surface area contributed by atoms with Gasteiger partial charge >= 0.3 is 0 Å². The first-order valence-electron chi connectivity index (χ1n) is 3.55. The Morgan fingerprint density at radius 1 is 1.18 bits per heavy atom. The minimum atomic E-state index is -0.769. The summed E-state index contributed by atoms with van der Waals surface area (Å²) in [6.07, 6.45) is 3.05. The number of hydrogen-bond donors (Lipinski definition) is 0.